The van der Waals surface area contributed by atoms with Crippen LogP contribution in [0.1, 0.15) is 39.7 Å². The molecular weight excluding hydrogens is 254 g/mol. The van der Waals surface area contributed by atoms with Crippen LogP contribution in [0.5, 0.6) is 0 Å². The maximum Gasteiger partial charge on any atom is 0.0900 e. The first-order valence-corrected chi connectivity index (χ1v) is 7.41. The molecule has 0 amide bonds. The van der Waals surface area contributed by atoms with Crippen LogP contribution in [0, 0.1) is 13.8 Å². The van der Waals surface area contributed by atoms with Crippen molar-refractivity contribution in [1.29, 1.82) is 0 Å². The van der Waals surface area contributed by atoms with Gasteiger partial charge in [-0.25, -0.2) is 4.98 Å². The van der Waals surface area contributed by atoms with Gasteiger partial charge in [0.2, 0.25) is 0 Å². The number of benzene rings is 1. The fourth-order valence-corrected chi connectivity index (χ4v) is 3.83. The van der Waals surface area contributed by atoms with E-state index in [1.165, 1.54) is 21.7 Å². The van der Waals surface area contributed by atoms with Gasteiger partial charge in [-0.15, -0.1) is 11.3 Å². The van der Waals surface area contributed by atoms with Crippen LogP contribution in [0.4, 0.5) is 5.69 Å². The van der Waals surface area contributed by atoms with Gasteiger partial charge in [-0.05, 0) is 44.0 Å². The molecule has 1 aromatic heterocycles. The predicted octanol–water partition coefficient (Wildman–Crippen LogP) is 3.42. The molecule has 19 heavy (non-hydrogen) atoms. The number of rotatable bonds is 2. The Kier molecular flexibility index (Phi) is 3.07. The van der Waals surface area contributed by atoms with Crippen molar-refractivity contribution in [1.82, 2.24) is 9.88 Å². The summed E-state index contributed by atoms with van der Waals surface area (Å²) in [6, 6.07) is 6.67. The third-order valence-corrected chi connectivity index (χ3v) is 5.09. The maximum absolute atomic E-state index is 5.86. The van der Waals surface area contributed by atoms with E-state index in [-0.39, 0.29) is 0 Å². The van der Waals surface area contributed by atoms with Gasteiger partial charge in [-0.1, -0.05) is 6.07 Å². The predicted molar refractivity (Wildman–Crippen MR) is 80.1 cm³/mol. The number of thiazole rings is 1. The number of hydrogen-bond acceptors (Lipinski definition) is 4. The van der Waals surface area contributed by atoms with Gasteiger partial charge in [0.1, 0.15) is 0 Å². The third kappa shape index (κ3) is 2.26. The standard InChI is InChI=1S/C15H19N3S/c1-9-15(19-11(3)17-9)10(2)18-7-12-4-5-14(16)6-13(12)8-18/h4-6,10H,7-8,16H2,1-3H3. The van der Waals surface area contributed by atoms with Crippen molar-refractivity contribution < 1.29 is 0 Å². The maximum atomic E-state index is 5.86. The lowest BCUT2D eigenvalue weighted by Crippen LogP contribution is -2.20. The molecule has 0 fully saturated rings. The van der Waals surface area contributed by atoms with E-state index in [9.17, 15) is 0 Å². The van der Waals surface area contributed by atoms with Gasteiger partial charge in [0.25, 0.3) is 0 Å². The Morgan fingerprint density at radius 3 is 2.68 bits per heavy atom. The molecule has 100 valence electrons. The Morgan fingerprint density at radius 1 is 1.26 bits per heavy atom. The Hall–Kier alpha value is -1.39. The minimum Gasteiger partial charge on any atom is -0.399 e. The summed E-state index contributed by atoms with van der Waals surface area (Å²) in [5.74, 6) is 0. The van der Waals surface area contributed by atoms with Gasteiger partial charge in [0.15, 0.2) is 0 Å². The second-order valence-electron chi connectivity index (χ2n) is 5.29. The zero-order valence-electron chi connectivity index (χ0n) is 11.6. The summed E-state index contributed by atoms with van der Waals surface area (Å²) < 4.78 is 0. The van der Waals surface area contributed by atoms with Gasteiger partial charge < -0.3 is 5.73 Å². The molecule has 0 spiro atoms. The van der Waals surface area contributed by atoms with Crippen molar-refractivity contribution in [3.8, 4) is 0 Å². The van der Waals surface area contributed by atoms with Crippen molar-refractivity contribution in [3.63, 3.8) is 0 Å². The summed E-state index contributed by atoms with van der Waals surface area (Å²) in [5.41, 5.74) is 10.7. The van der Waals surface area contributed by atoms with E-state index in [0.717, 1.165) is 23.8 Å². The molecule has 0 radical (unpaired) electrons. The fourth-order valence-electron chi connectivity index (χ4n) is 2.82. The van der Waals surface area contributed by atoms with Gasteiger partial charge in [0.05, 0.1) is 10.7 Å². The monoisotopic (exact) mass is 273 g/mol. The molecule has 1 unspecified atom stereocenters. The van der Waals surface area contributed by atoms with E-state index in [1.54, 1.807) is 0 Å². The van der Waals surface area contributed by atoms with Gasteiger partial charge >= 0.3 is 0 Å². The van der Waals surface area contributed by atoms with Crippen molar-refractivity contribution in [2.75, 3.05) is 5.73 Å². The van der Waals surface area contributed by atoms with Crippen molar-refractivity contribution in [2.24, 2.45) is 0 Å². The number of nitrogen functional groups attached to an aromatic ring is 1. The van der Waals surface area contributed by atoms with Crippen LogP contribution in [-0.4, -0.2) is 9.88 Å². The number of anilines is 1. The zero-order chi connectivity index (χ0) is 13.6. The van der Waals surface area contributed by atoms with E-state index in [1.807, 2.05) is 17.4 Å². The Balaban J connectivity index is 1.84. The lowest BCUT2D eigenvalue weighted by Gasteiger charge is -2.23. The quantitative estimate of drug-likeness (QED) is 0.853. The van der Waals surface area contributed by atoms with Crippen molar-refractivity contribution in [2.45, 2.75) is 39.9 Å². The number of nitrogens with two attached hydrogens (primary N) is 1. The smallest absolute Gasteiger partial charge is 0.0900 e. The first-order valence-electron chi connectivity index (χ1n) is 6.60. The fraction of sp³-hybridized carbons (Fsp3) is 0.400. The second kappa shape index (κ2) is 4.62. The summed E-state index contributed by atoms with van der Waals surface area (Å²) in [5, 5.41) is 1.15. The molecule has 2 heterocycles. The molecule has 3 nitrogen and oxygen atoms in total. The molecule has 0 bridgehead atoms. The number of hydrogen-bond donors (Lipinski definition) is 1. The first-order chi connectivity index (χ1) is 9.04. The van der Waals surface area contributed by atoms with Gasteiger partial charge in [-0.2, -0.15) is 0 Å². The third-order valence-electron chi connectivity index (χ3n) is 3.84. The van der Waals surface area contributed by atoms with E-state index < -0.39 is 0 Å². The van der Waals surface area contributed by atoms with Gasteiger partial charge in [0, 0.05) is 29.7 Å². The molecule has 1 aromatic carbocycles. The molecule has 0 aliphatic carbocycles. The SMILES string of the molecule is Cc1nc(C)c(C(C)N2Cc3ccc(N)cc3C2)s1. The molecule has 3 rings (SSSR count). The number of nitrogens with zero attached hydrogens (tertiary/aromatic N) is 2. The average molecular weight is 273 g/mol. The topological polar surface area (TPSA) is 42.2 Å². The average Bonchev–Trinajstić information content (AvgIpc) is 2.91. The highest BCUT2D eigenvalue weighted by molar-refractivity contribution is 7.11. The highest BCUT2D eigenvalue weighted by Crippen LogP contribution is 2.35. The van der Waals surface area contributed by atoms with Crippen LogP contribution in [0.2, 0.25) is 0 Å². The molecular formula is C15H19N3S. The van der Waals surface area contributed by atoms with Crippen LogP contribution in [-0.2, 0) is 13.1 Å². The lowest BCUT2D eigenvalue weighted by atomic mass is 10.1. The van der Waals surface area contributed by atoms with Crippen molar-refractivity contribution >= 4 is 17.0 Å². The lowest BCUT2D eigenvalue weighted by molar-refractivity contribution is 0.217. The van der Waals surface area contributed by atoms with E-state index >= 15 is 0 Å². The Morgan fingerprint density at radius 2 is 2.00 bits per heavy atom. The van der Waals surface area contributed by atoms with Crippen LogP contribution >= 0.6 is 11.3 Å². The Bertz CT molecular complexity index is 618. The van der Waals surface area contributed by atoms with E-state index in [4.69, 9.17) is 5.73 Å². The molecule has 1 atom stereocenters. The Labute approximate surface area is 118 Å². The molecule has 2 N–H and O–H groups in total. The summed E-state index contributed by atoms with van der Waals surface area (Å²) >= 11 is 1.81. The van der Waals surface area contributed by atoms with Crippen LogP contribution in [0.15, 0.2) is 18.2 Å². The summed E-state index contributed by atoms with van der Waals surface area (Å²) in [7, 11) is 0. The van der Waals surface area contributed by atoms with Crippen LogP contribution in [0.3, 0.4) is 0 Å². The van der Waals surface area contributed by atoms with Gasteiger partial charge in [-0.3, -0.25) is 4.90 Å². The highest BCUT2D eigenvalue weighted by Gasteiger charge is 2.26. The largest absolute Gasteiger partial charge is 0.399 e. The minimum atomic E-state index is 0.417. The number of aromatic nitrogens is 1. The zero-order valence-corrected chi connectivity index (χ0v) is 12.4. The first kappa shape index (κ1) is 12.6. The molecule has 1 aliphatic rings. The normalized spacial score (nSPS) is 16.6. The second-order valence-corrected chi connectivity index (χ2v) is 6.53. The molecule has 4 heteroatoms. The molecule has 2 aromatic rings. The number of fused-ring (bicyclic) bond motifs is 1. The summed E-state index contributed by atoms with van der Waals surface area (Å²) in [6.07, 6.45) is 0. The summed E-state index contributed by atoms with van der Waals surface area (Å²) in [6.45, 7) is 8.45. The van der Waals surface area contributed by atoms with Crippen LogP contribution in [0.25, 0.3) is 0 Å². The van der Waals surface area contributed by atoms with E-state index in [0.29, 0.717) is 6.04 Å². The van der Waals surface area contributed by atoms with Crippen LogP contribution < -0.4 is 5.73 Å². The number of aryl methyl sites for hydroxylation is 2. The molecule has 0 saturated carbocycles. The van der Waals surface area contributed by atoms with E-state index in [2.05, 4.69) is 42.8 Å². The minimum absolute atomic E-state index is 0.417. The molecule has 0 saturated heterocycles. The molecule has 1 aliphatic heterocycles. The highest BCUT2D eigenvalue weighted by atomic mass is 32.1. The van der Waals surface area contributed by atoms with Crippen molar-refractivity contribution in [3.05, 3.63) is 44.9 Å². The summed E-state index contributed by atoms with van der Waals surface area (Å²) in [4.78, 5) is 8.42.